The van der Waals surface area contributed by atoms with Crippen LogP contribution in [0.2, 0.25) is 0 Å². The minimum atomic E-state index is -0.642. The van der Waals surface area contributed by atoms with E-state index in [1.807, 2.05) is 35.7 Å². The number of nitrogen functional groups attached to an aromatic ring is 1. The van der Waals surface area contributed by atoms with E-state index in [-0.39, 0.29) is 46.5 Å². The van der Waals surface area contributed by atoms with Crippen LogP contribution in [0.1, 0.15) is 101 Å². The van der Waals surface area contributed by atoms with Crippen LogP contribution in [0, 0.1) is 18.2 Å². The molecular weight excluding hydrogens is 766 g/mol. The second-order valence-corrected chi connectivity index (χ2v) is 16.8. The molecule has 0 radical (unpaired) electrons. The molecule has 1 saturated carbocycles. The Kier molecular flexibility index (Phi) is 10.5. The van der Waals surface area contributed by atoms with Crippen LogP contribution in [0.25, 0.3) is 16.8 Å². The molecule has 4 aliphatic rings. The van der Waals surface area contributed by atoms with Gasteiger partial charge >= 0.3 is 0 Å². The Labute approximate surface area is 346 Å². The van der Waals surface area contributed by atoms with Gasteiger partial charge in [-0.25, -0.2) is 19.3 Å². The molecule has 3 aromatic heterocycles. The Morgan fingerprint density at radius 3 is 2.62 bits per heavy atom. The average Bonchev–Trinajstić information content (AvgIpc) is 3.78. The van der Waals surface area contributed by atoms with Crippen LogP contribution in [0.4, 0.5) is 16.0 Å². The molecule has 3 fully saturated rings. The van der Waals surface area contributed by atoms with Gasteiger partial charge in [-0.2, -0.15) is 0 Å². The Balaban J connectivity index is 0.807. The van der Waals surface area contributed by atoms with E-state index >= 15 is 4.39 Å². The second-order valence-electron chi connectivity index (χ2n) is 16.8. The number of imidazole rings is 1. The van der Waals surface area contributed by atoms with Gasteiger partial charge in [0.1, 0.15) is 52.9 Å². The zero-order valence-electron chi connectivity index (χ0n) is 33.6. The summed E-state index contributed by atoms with van der Waals surface area (Å²) in [5.41, 5.74) is 10.4. The summed E-state index contributed by atoms with van der Waals surface area (Å²) in [6.07, 6.45) is 13.0. The number of amides is 4. The molecule has 4 N–H and O–H groups in total. The van der Waals surface area contributed by atoms with Gasteiger partial charge in [-0.15, -0.1) is 0 Å². The molecule has 1 aliphatic carbocycles. The number of carbonyl (C=O) groups excluding carboxylic acids is 4. The molecule has 5 aromatic rings. The van der Waals surface area contributed by atoms with Crippen molar-refractivity contribution >= 4 is 40.8 Å². The molecule has 9 rings (SSSR count). The number of piperidine rings is 1. The number of aryl methyl sites for hydroxylation is 1. The second kappa shape index (κ2) is 16.1. The molecule has 0 bridgehead atoms. The van der Waals surface area contributed by atoms with Crippen molar-refractivity contribution in [1.82, 2.24) is 34.5 Å². The lowest BCUT2D eigenvalue weighted by atomic mass is 9.72. The minimum Gasteiger partial charge on any atom is -0.492 e. The standard InChI is InChI=1S/C45H48FN9O5/c1-27-13-16-48-36(21-27)50-42(57)29-7-9-33(34(46)23-29)38-39-40(47)49-17-18-54(39)41(52-38)28-5-2-3-14-45(15-4-6-28)25-53(26-45)19-20-60-31-8-10-32-30(22-31)24-55(44(32)59)35-11-12-37(56)51-43(35)58/h7-10,13,16-18,21-23,28,35H,2-6,11-12,14-15,19-20,24-26H2,1H3,(H2,47,49)(H,48,50,57)(H,51,56,58). The Morgan fingerprint density at radius 1 is 0.983 bits per heavy atom. The first kappa shape index (κ1) is 39.3. The number of carbonyl (C=O) groups is 4. The van der Waals surface area contributed by atoms with E-state index in [0.717, 1.165) is 81.5 Å². The van der Waals surface area contributed by atoms with Crippen molar-refractivity contribution in [3.05, 3.63) is 101 Å². The Bertz CT molecular complexity index is 2520. The number of imide groups is 1. The number of nitrogens with zero attached hydrogens (tertiary/aromatic N) is 6. The van der Waals surface area contributed by atoms with Crippen molar-refractivity contribution in [2.45, 2.75) is 83.2 Å². The van der Waals surface area contributed by atoms with E-state index in [1.165, 1.54) is 6.07 Å². The fourth-order valence-electron chi connectivity index (χ4n) is 9.66. The fourth-order valence-corrected chi connectivity index (χ4v) is 9.66. The maximum absolute atomic E-state index is 15.9. The summed E-state index contributed by atoms with van der Waals surface area (Å²) < 4.78 is 24.0. The number of aromatic nitrogens is 4. The van der Waals surface area contributed by atoms with E-state index in [1.54, 1.807) is 41.6 Å². The minimum absolute atomic E-state index is 0.154. The number of nitrogens with one attached hydrogen (secondary N) is 2. The quantitative estimate of drug-likeness (QED) is 0.149. The molecule has 2 aromatic carbocycles. The van der Waals surface area contributed by atoms with Crippen molar-refractivity contribution in [3.63, 3.8) is 0 Å². The number of ether oxygens (including phenoxy) is 1. The van der Waals surface area contributed by atoms with Gasteiger partial charge in [0.05, 0.1) is 0 Å². The Hall–Kier alpha value is -6.22. The van der Waals surface area contributed by atoms with Gasteiger partial charge in [0.2, 0.25) is 11.8 Å². The van der Waals surface area contributed by atoms with E-state index in [4.69, 9.17) is 15.5 Å². The highest BCUT2D eigenvalue weighted by Crippen LogP contribution is 2.44. The molecule has 310 valence electrons. The summed E-state index contributed by atoms with van der Waals surface area (Å²) in [4.78, 5) is 67.7. The summed E-state index contributed by atoms with van der Waals surface area (Å²) in [6, 6.07) is 12.8. The van der Waals surface area contributed by atoms with Gasteiger partial charge in [0, 0.05) is 73.8 Å². The molecule has 1 spiro atoms. The van der Waals surface area contributed by atoms with E-state index < -0.39 is 23.7 Å². The van der Waals surface area contributed by atoms with Gasteiger partial charge in [0.15, 0.2) is 0 Å². The fraction of sp³-hybridized carbons (Fsp3) is 0.400. The number of halogens is 1. The third-order valence-corrected chi connectivity index (χ3v) is 12.7. The smallest absolute Gasteiger partial charge is 0.256 e. The highest BCUT2D eigenvalue weighted by atomic mass is 19.1. The number of benzene rings is 2. The first-order chi connectivity index (χ1) is 29.0. The summed E-state index contributed by atoms with van der Waals surface area (Å²) in [5.74, 6) is 0.410. The van der Waals surface area contributed by atoms with Crippen LogP contribution in [0.5, 0.6) is 5.75 Å². The van der Waals surface area contributed by atoms with Crippen molar-refractivity contribution < 1.29 is 28.3 Å². The van der Waals surface area contributed by atoms with E-state index in [2.05, 4.69) is 25.5 Å². The van der Waals surface area contributed by atoms with Crippen molar-refractivity contribution in [2.24, 2.45) is 5.41 Å². The topological polar surface area (TPSA) is 177 Å². The van der Waals surface area contributed by atoms with E-state index in [9.17, 15) is 19.2 Å². The summed E-state index contributed by atoms with van der Waals surface area (Å²) in [7, 11) is 0. The van der Waals surface area contributed by atoms with Crippen molar-refractivity contribution in [2.75, 3.05) is 37.3 Å². The van der Waals surface area contributed by atoms with Crippen molar-refractivity contribution in [1.29, 1.82) is 0 Å². The zero-order chi connectivity index (χ0) is 41.5. The highest BCUT2D eigenvalue weighted by molar-refractivity contribution is 6.06. The molecule has 2 saturated heterocycles. The third kappa shape index (κ3) is 7.69. The van der Waals surface area contributed by atoms with Gasteiger partial charge in [-0.3, -0.25) is 33.8 Å². The molecule has 3 aliphatic heterocycles. The molecule has 60 heavy (non-hydrogen) atoms. The SMILES string of the molecule is Cc1ccnc(NC(=O)c2ccc(-c3nc(C4CCCCC5(CCC4)CN(CCOc4ccc6c(c4)CN(C4CCC(=O)NC4=O)C6=O)C5)n4ccnc(N)c34)c(F)c2)c1. The first-order valence-corrected chi connectivity index (χ1v) is 20.8. The maximum atomic E-state index is 15.9. The monoisotopic (exact) mass is 813 g/mol. The summed E-state index contributed by atoms with van der Waals surface area (Å²) in [5, 5.41) is 5.09. The van der Waals surface area contributed by atoms with Crippen molar-refractivity contribution in [3.8, 4) is 17.0 Å². The number of anilines is 2. The van der Waals surface area contributed by atoms with Gasteiger partial charge in [-0.05, 0) is 104 Å². The molecule has 6 heterocycles. The molecular formula is C45H48FN9O5. The number of hydrogen-bond donors (Lipinski definition) is 3. The number of nitrogens with two attached hydrogens (primary N) is 1. The number of fused-ring (bicyclic) bond motifs is 2. The largest absolute Gasteiger partial charge is 0.492 e. The predicted molar refractivity (Wildman–Crippen MR) is 222 cm³/mol. The van der Waals surface area contributed by atoms with E-state index in [0.29, 0.717) is 47.9 Å². The van der Waals surface area contributed by atoms with Gasteiger partial charge < -0.3 is 20.7 Å². The summed E-state index contributed by atoms with van der Waals surface area (Å²) >= 11 is 0. The molecule has 4 amide bonds. The Morgan fingerprint density at radius 2 is 1.80 bits per heavy atom. The van der Waals surface area contributed by atoms with Gasteiger partial charge in [-0.1, -0.05) is 19.3 Å². The number of pyridine rings is 1. The molecule has 2 unspecified atom stereocenters. The van der Waals surface area contributed by atoms with Gasteiger partial charge in [0.25, 0.3) is 11.8 Å². The van der Waals surface area contributed by atoms with Crippen LogP contribution in [0.3, 0.4) is 0 Å². The predicted octanol–water partition coefficient (Wildman–Crippen LogP) is 6.04. The number of likely N-dealkylation sites (tertiary alicyclic amines) is 1. The maximum Gasteiger partial charge on any atom is 0.256 e. The lowest BCUT2D eigenvalue weighted by Gasteiger charge is -2.51. The first-order valence-electron chi connectivity index (χ1n) is 20.8. The van der Waals surface area contributed by atoms with Crippen LogP contribution in [0.15, 0.2) is 67.1 Å². The molecule has 15 heteroatoms. The van der Waals surface area contributed by atoms with Crippen LogP contribution in [-0.2, 0) is 16.1 Å². The average molecular weight is 814 g/mol. The highest BCUT2D eigenvalue weighted by Gasteiger charge is 2.43. The van der Waals surface area contributed by atoms with Crippen LogP contribution >= 0.6 is 0 Å². The zero-order valence-corrected chi connectivity index (χ0v) is 33.6. The lowest BCUT2D eigenvalue weighted by molar-refractivity contribution is -0.136. The molecule has 2 atom stereocenters. The van der Waals surface area contributed by atoms with Crippen LogP contribution in [-0.4, -0.2) is 85.1 Å². The number of rotatable bonds is 9. The van der Waals surface area contributed by atoms with Crippen LogP contribution < -0.4 is 21.1 Å². The third-order valence-electron chi connectivity index (χ3n) is 12.7. The normalized spacial score (nSPS) is 20.6. The number of hydrogen-bond acceptors (Lipinski definition) is 10. The lowest BCUT2D eigenvalue weighted by Crippen LogP contribution is -2.57. The molecule has 14 nitrogen and oxygen atoms in total. The summed E-state index contributed by atoms with van der Waals surface area (Å²) in [6.45, 7) is 5.59.